The number of fused-ring (bicyclic) bond motifs is 1. The first kappa shape index (κ1) is 15.8. The van der Waals surface area contributed by atoms with Crippen LogP contribution in [0.2, 0.25) is 5.02 Å². The minimum atomic E-state index is -0.302. The van der Waals surface area contributed by atoms with Crippen molar-refractivity contribution in [1.82, 2.24) is 14.8 Å². The molecule has 3 heterocycles. The number of carbonyl (C=O) groups excluding carboxylic acids is 1. The first-order valence-electron chi connectivity index (χ1n) is 7.81. The summed E-state index contributed by atoms with van der Waals surface area (Å²) in [5, 5.41) is 7.77. The molecule has 1 aromatic carbocycles. The molecule has 126 valence electrons. The van der Waals surface area contributed by atoms with Gasteiger partial charge in [0.15, 0.2) is 0 Å². The van der Waals surface area contributed by atoms with Gasteiger partial charge >= 0.3 is 0 Å². The van der Waals surface area contributed by atoms with Crippen LogP contribution in [0.5, 0.6) is 0 Å². The number of nitrogens with one attached hydrogen (secondary N) is 1. The van der Waals surface area contributed by atoms with Crippen LogP contribution in [-0.4, -0.2) is 20.7 Å². The molecule has 1 atom stereocenters. The van der Waals surface area contributed by atoms with E-state index in [1.165, 1.54) is 12.1 Å². The lowest BCUT2D eigenvalue weighted by atomic mass is 9.88. The van der Waals surface area contributed by atoms with E-state index in [1.54, 1.807) is 29.3 Å². The summed E-state index contributed by atoms with van der Waals surface area (Å²) in [6.45, 7) is 0.365. The summed E-state index contributed by atoms with van der Waals surface area (Å²) in [6, 6.07) is 8.14. The highest BCUT2D eigenvalue weighted by Gasteiger charge is 2.31. The second-order valence-electron chi connectivity index (χ2n) is 5.94. The summed E-state index contributed by atoms with van der Waals surface area (Å²) in [6.07, 6.45) is 5.25. The molecule has 4 rings (SSSR count). The van der Waals surface area contributed by atoms with Crippen LogP contribution in [0.1, 0.15) is 29.0 Å². The van der Waals surface area contributed by atoms with Gasteiger partial charge in [0.05, 0.1) is 17.8 Å². The van der Waals surface area contributed by atoms with Crippen LogP contribution in [-0.2, 0) is 11.3 Å². The molecule has 0 spiro atoms. The van der Waals surface area contributed by atoms with Gasteiger partial charge in [0.2, 0.25) is 5.91 Å². The molecule has 2 aromatic heterocycles. The molecule has 1 amide bonds. The van der Waals surface area contributed by atoms with E-state index in [4.69, 9.17) is 11.6 Å². The van der Waals surface area contributed by atoms with Crippen molar-refractivity contribution in [2.45, 2.75) is 18.9 Å². The van der Waals surface area contributed by atoms with E-state index in [9.17, 15) is 9.18 Å². The maximum absolute atomic E-state index is 13.4. The zero-order chi connectivity index (χ0) is 17.4. The molecule has 0 fully saturated rings. The molecule has 5 nitrogen and oxygen atoms in total. The van der Waals surface area contributed by atoms with Gasteiger partial charge in [-0.2, -0.15) is 5.10 Å². The number of carbonyl (C=O) groups is 1. The van der Waals surface area contributed by atoms with Crippen LogP contribution in [0.25, 0.3) is 0 Å². The monoisotopic (exact) mass is 356 g/mol. The number of pyridine rings is 1. The number of hydrogen-bond donors (Lipinski definition) is 1. The van der Waals surface area contributed by atoms with Gasteiger partial charge in [0.25, 0.3) is 0 Å². The first-order chi connectivity index (χ1) is 12.1. The Balaban J connectivity index is 1.73. The zero-order valence-electron chi connectivity index (χ0n) is 13.1. The minimum absolute atomic E-state index is 0.105. The van der Waals surface area contributed by atoms with Crippen molar-refractivity contribution in [2.24, 2.45) is 0 Å². The average Bonchev–Trinajstić information content (AvgIpc) is 2.97. The molecule has 25 heavy (non-hydrogen) atoms. The third-order valence-corrected chi connectivity index (χ3v) is 4.61. The van der Waals surface area contributed by atoms with Crippen molar-refractivity contribution >= 4 is 23.3 Å². The van der Waals surface area contributed by atoms with Crippen LogP contribution >= 0.6 is 11.6 Å². The second kappa shape index (κ2) is 6.29. The SMILES string of the molecule is O=C1C[C@H](c2ccncc2Cl)c2cnn(Cc3cccc(F)c3)c2N1. The van der Waals surface area contributed by atoms with Crippen molar-refractivity contribution in [3.63, 3.8) is 0 Å². The smallest absolute Gasteiger partial charge is 0.226 e. The summed E-state index contributed by atoms with van der Waals surface area (Å²) in [4.78, 5) is 16.2. The Morgan fingerprint density at radius 3 is 2.96 bits per heavy atom. The van der Waals surface area contributed by atoms with E-state index in [-0.39, 0.29) is 17.6 Å². The highest BCUT2D eigenvalue weighted by atomic mass is 35.5. The number of rotatable bonds is 3. The summed E-state index contributed by atoms with van der Waals surface area (Å²) < 4.78 is 15.1. The lowest BCUT2D eigenvalue weighted by Crippen LogP contribution is -2.25. The number of halogens is 2. The number of amides is 1. The van der Waals surface area contributed by atoms with Crippen molar-refractivity contribution < 1.29 is 9.18 Å². The van der Waals surface area contributed by atoms with Crippen LogP contribution in [0.15, 0.2) is 48.9 Å². The van der Waals surface area contributed by atoms with Gasteiger partial charge in [0.1, 0.15) is 11.6 Å². The molecule has 3 aromatic rings. The molecule has 1 aliphatic rings. The van der Waals surface area contributed by atoms with Gasteiger partial charge in [-0.3, -0.25) is 9.78 Å². The topological polar surface area (TPSA) is 59.8 Å². The van der Waals surface area contributed by atoms with Gasteiger partial charge in [-0.1, -0.05) is 23.7 Å². The Hall–Kier alpha value is -2.73. The molecule has 1 N–H and O–H groups in total. The van der Waals surface area contributed by atoms with Gasteiger partial charge < -0.3 is 5.32 Å². The molecule has 0 saturated heterocycles. The third-order valence-electron chi connectivity index (χ3n) is 4.29. The number of hydrogen-bond acceptors (Lipinski definition) is 3. The van der Waals surface area contributed by atoms with Crippen molar-refractivity contribution in [3.05, 3.63) is 76.5 Å². The van der Waals surface area contributed by atoms with E-state index in [1.807, 2.05) is 12.1 Å². The predicted molar refractivity (Wildman–Crippen MR) is 92.1 cm³/mol. The van der Waals surface area contributed by atoms with Crippen molar-refractivity contribution in [3.8, 4) is 0 Å². The van der Waals surface area contributed by atoms with Crippen LogP contribution in [0.4, 0.5) is 10.2 Å². The summed E-state index contributed by atoms with van der Waals surface area (Å²) in [5.74, 6) is 0.0364. The number of nitrogens with zero attached hydrogens (tertiary/aromatic N) is 3. The highest BCUT2D eigenvalue weighted by Crippen LogP contribution is 2.39. The fourth-order valence-electron chi connectivity index (χ4n) is 3.14. The molecule has 1 aliphatic heterocycles. The summed E-state index contributed by atoms with van der Waals surface area (Å²) in [5.41, 5.74) is 2.51. The Labute approximate surface area is 148 Å². The number of anilines is 1. The largest absolute Gasteiger partial charge is 0.311 e. The van der Waals surface area contributed by atoms with E-state index in [0.29, 0.717) is 23.8 Å². The van der Waals surface area contributed by atoms with Gasteiger partial charge in [-0.25, -0.2) is 9.07 Å². The van der Waals surface area contributed by atoms with Gasteiger partial charge in [-0.05, 0) is 29.3 Å². The Morgan fingerprint density at radius 1 is 1.28 bits per heavy atom. The molecular formula is C18H14ClFN4O. The molecule has 7 heteroatoms. The van der Waals surface area contributed by atoms with Crippen molar-refractivity contribution in [2.75, 3.05) is 5.32 Å². The fourth-order valence-corrected chi connectivity index (χ4v) is 3.40. The molecule has 0 radical (unpaired) electrons. The fraction of sp³-hybridized carbons (Fsp3) is 0.167. The average molecular weight is 357 g/mol. The van der Waals surface area contributed by atoms with Crippen molar-refractivity contribution in [1.29, 1.82) is 0 Å². The normalized spacial score (nSPS) is 16.4. The molecule has 0 aliphatic carbocycles. The minimum Gasteiger partial charge on any atom is -0.311 e. The quantitative estimate of drug-likeness (QED) is 0.780. The predicted octanol–water partition coefficient (Wildman–Crippen LogP) is 3.59. The lowest BCUT2D eigenvalue weighted by molar-refractivity contribution is -0.116. The maximum atomic E-state index is 13.4. The summed E-state index contributed by atoms with van der Waals surface area (Å²) in [7, 11) is 0. The van der Waals surface area contributed by atoms with E-state index in [0.717, 1.165) is 16.7 Å². The Kier molecular flexibility index (Phi) is 3.97. The first-order valence-corrected chi connectivity index (χ1v) is 8.19. The molecular weight excluding hydrogens is 343 g/mol. The van der Waals surface area contributed by atoms with E-state index >= 15 is 0 Å². The van der Waals surface area contributed by atoms with Gasteiger partial charge in [0, 0.05) is 30.3 Å². The van der Waals surface area contributed by atoms with E-state index in [2.05, 4.69) is 15.4 Å². The van der Waals surface area contributed by atoms with Crippen LogP contribution in [0, 0.1) is 5.82 Å². The maximum Gasteiger partial charge on any atom is 0.226 e. The Morgan fingerprint density at radius 2 is 2.16 bits per heavy atom. The zero-order valence-corrected chi connectivity index (χ0v) is 13.9. The van der Waals surface area contributed by atoms with Gasteiger partial charge in [-0.15, -0.1) is 0 Å². The highest BCUT2D eigenvalue weighted by molar-refractivity contribution is 6.31. The molecule has 0 saturated carbocycles. The third kappa shape index (κ3) is 3.00. The number of benzene rings is 1. The summed E-state index contributed by atoms with van der Waals surface area (Å²) >= 11 is 6.26. The Bertz CT molecular complexity index is 956. The standard InChI is InChI=1S/C18H14ClFN4O/c19-16-9-21-5-4-13(16)14-7-17(25)23-18-15(14)8-22-24(18)10-11-2-1-3-12(20)6-11/h1-6,8-9,14H,7,10H2,(H,23,25)/t14-/m1/s1. The molecule has 0 bridgehead atoms. The molecule has 0 unspecified atom stereocenters. The number of aromatic nitrogens is 3. The van der Waals surface area contributed by atoms with E-state index < -0.39 is 0 Å². The lowest BCUT2D eigenvalue weighted by Gasteiger charge is -2.24. The van der Waals surface area contributed by atoms with Crippen LogP contribution in [0.3, 0.4) is 0 Å². The second-order valence-corrected chi connectivity index (χ2v) is 6.35. The van der Waals surface area contributed by atoms with Crippen LogP contribution < -0.4 is 5.32 Å².